The molecule has 160 valence electrons. The lowest BCUT2D eigenvalue weighted by Gasteiger charge is -2.12. The first-order valence-corrected chi connectivity index (χ1v) is 10.9. The van der Waals surface area contributed by atoms with Gasteiger partial charge >= 0.3 is 5.97 Å². The molecule has 0 radical (unpaired) electrons. The first kappa shape index (κ1) is 22.2. The second-order valence-corrected chi connectivity index (χ2v) is 8.68. The Morgan fingerprint density at radius 1 is 0.839 bits per heavy atom. The molecule has 0 amide bonds. The van der Waals surface area contributed by atoms with Gasteiger partial charge in [-0.25, -0.2) is 13.2 Å². The Bertz CT molecular complexity index is 1130. The van der Waals surface area contributed by atoms with Crippen LogP contribution < -0.4 is 10.5 Å². The molecule has 0 bridgehead atoms. The Kier molecular flexibility index (Phi) is 7.17. The third-order valence-electron chi connectivity index (χ3n) is 4.41. The van der Waals surface area contributed by atoms with Gasteiger partial charge in [0.2, 0.25) is 15.2 Å². The van der Waals surface area contributed by atoms with Crippen LogP contribution >= 0.6 is 0 Å². The van der Waals surface area contributed by atoms with Crippen molar-refractivity contribution < 1.29 is 27.5 Å². The summed E-state index contributed by atoms with van der Waals surface area (Å²) in [5.74, 6) is -1.11. The minimum atomic E-state index is -4.11. The van der Waals surface area contributed by atoms with Gasteiger partial charge in [0.15, 0.2) is 12.4 Å². The fourth-order valence-corrected chi connectivity index (χ4v) is 3.81. The van der Waals surface area contributed by atoms with Crippen molar-refractivity contribution in [1.29, 1.82) is 0 Å². The second-order valence-electron chi connectivity index (χ2n) is 6.61. The summed E-state index contributed by atoms with van der Waals surface area (Å²) in [4.78, 5) is 24.2. The number of ether oxygens (including phenoxy) is 2. The molecule has 0 saturated heterocycles. The monoisotopic (exact) mass is 439 g/mol. The van der Waals surface area contributed by atoms with Crippen LogP contribution in [0.25, 0.3) is 0 Å². The Labute approximate surface area is 180 Å². The summed E-state index contributed by atoms with van der Waals surface area (Å²) in [6.07, 6.45) is 0. The van der Waals surface area contributed by atoms with Crippen molar-refractivity contribution in [2.24, 2.45) is 5.73 Å². The van der Waals surface area contributed by atoms with Crippen molar-refractivity contribution in [1.82, 2.24) is 0 Å². The van der Waals surface area contributed by atoms with Crippen LogP contribution in [-0.4, -0.2) is 32.2 Å². The first-order valence-electron chi connectivity index (χ1n) is 9.39. The summed E-state index contributed by atoms with van der Waals surface area (Å²) in [6, 6.07) is 23.3. The standard InChI is InChI=1S/C23H21NO6S/c24-22(31(27,28)20-9-5-2-6-10-20)23(26)30-16-21(25)18-11-13-19(14-12-18)29-15-17-7-3-1-4-8-17/h1-14,22H,15-16,24H2. The van der Waals surface area contributed by atoms with Crippen LogP contribution in [0.1, 0.15) is 15.9 Å². The lowest BCUT2D eigenvalue weighted by molar-refractivity contribution is -0.141. The molecular weight excluding hydrogens is 418 g/mol. The molecule has 2 N–H and O–H groups in total. The summed E-state index contributed by atoms with van der Waals surface area (Å²) in [7, 11) is -4.11. The predicted octanol–water partition coefficient (Wildman–Crippen LogP) is 2.75. The topological polar surface area (TPSA) is 113 Å². The lowest BCUT2D eigenvalue weighted by Crippen LogP contribution is -2.40. The highest BCUT2D eigenvalue weighted by Crippen LogP contribution is 2.16. The summed E-state index contributed by atoms with van der Waals surface area (Å²) in [5.41, 5.74) is 6.86. The molecule has 0 spiro atoms. The summed E-state index contributed by atoms with van der Waals surface area (Å²) in [6.45, 7) is -0.236. The maximum Gasteiger partial charge on any atom is 0.339 e. The highest BCUT2D eigenvalue weighted by molar-refractivity contribution is 7.92. The molecule has 1 unspecified atom stereocenters. The average molecular weight is 439 g/mol. The zero-order valence-corrected chi connectivity index (χ0v) is 17.3. The quantitative estimate of drug-likeness (QED) is 0.403. The zero-order valence-electron chi connectivity index (χ0n) is 16.5. The van der Waals surface area contributed by atoms with E-state index in [2.05, 4.69) is 0 Å². The van der Waals surface area contributed by atoms with Gasteiger partial charge in [0.25, 0.3) is 0 Å². The Morgan fingerprint density at radius 3 is 2.03 bits per heavy atom. The molecule has 3 aromatic rings. The molecule has 1 atom stereocenters. The number of esters is 1. The van der Waals surface area contributed by atoms with Crippen molar-refractivity contribution in [3.8, 4) is 5.75 Å². The molecule has 7 nitrogen and oxygen atoms in total. The molecule has 0 saturated carbocycles. The predicted molar refractivity (Wildman–Crippen MR) is 114 cm³/mol. The number of benzene rings is 3. The van der Waals surface area contributed by atoms with Crippen LogP contribution in [0, 0.1) is 0 Å². The average Bonchev–Trinajstić information content (AvgIpc) is 2.82. The van der Waals surface area contributed by atoms with Gasteiger partial charge in [-0.05, 0) is 42.0 Å². The van der Waals surface area contributed by atoms with Crippen LogP contribution in [0.3, 0.4) is 0 Å². The van der Waals surface area contributed by atoms with Gasteiger partial charge in [-0.2, -0.15) is 0 Å². The second kappa shape index (κ2) is 10.0. The van der Waals surface area contributed by atoms with Crippen LogP contribution in [-0.2, 0) is 26.0 Å². The fourth-order valence-electron chi connectivity index (χ4n) is 2.66. The van der Waals surface area contributed by atoms with Gasteiger partial charge in [-0.15, -0.1) is 0 Å². The number of carbonyl (C=O) groups is 2. The first-order chi connectivity index (χ1) is 14.9. The number of Topliss-reactive ketones (excluding diaryl/α,β-unsaturated/α-hetero) is 1. The third kappa shape index (κ3) is 5.78. The molecule has 31 heavy (non-hydrogen) atoms. The van der Waals surface area contributed by atoms with E-state index in [9.17, 15) is 18.0 Å². The molecule has 8 heteroatoms. The maximum atomic E-state index is 12.4. The maximum absolute atomic E-state index is 12.4. The van der Waals surface area contributed by atoms with Gasteiger partial charge in [0, 0.05) is 5.56 Å². The number of hydrogen-bond acceptors (Lipinski definition) is 7. The number of hydrogen-bond donors (Lipinski definition) is 1. The normalized spacial score (nSPS) is 12.0. The van der Waals surface area contributed by atoms with E-state index in [1.165, 1.54) is 36.4 Å². The van der Waals surface area contributed by atoms with Gasteiger partial charge in [0.1, 0.15) is 12.4 Å². The number of nitrogens with two attached hydrogens (primary N) is 1. The van der Waals surface area contributed by atoms with Gasteiger partial charge in [-0.3, -0.25) is 4.79 Å². The van der Waals surface area contributed by atoms with Gasteiger partial charge < -0.3 is 15.2 Å². The summed E-state index contributed by atoms with van der Waals surface area (Å²) in [5, 5.41) is -1.92. The van der Waals surface area contributed by atoms with Crippen LogP contribution in [0.2, 0.25) is 0 Å². The van der Waals surface area contributed by atoms with E-state index in [-0.39, 0.29) is 4.90 Å². The Hall–Kier alpha value is -3.49. The summed E-state index contributed by atoms with van der Waals surface area (Å²) < 4.78 is 35.2. The minimum Gasteiger partial charge on any atom is -0.489 e. The van der Waals surface area contributed by atoms with E-state index in [4.69, 9.17) is 15.2 Å². The molecule has 0 aliphatic carbocycles. The lowest BCUT2D eigenvalue weighted by atomic mass is 10.1. The Morgan fingerprint density at radius 2 is 1.42 bits per heavy atom. The van der Waals surface area contributed by atoms with E-state index in [0.717, 1.165) is 5.56 Å². The minimum absolute atomic E-state index is 0.100. The van der Waals surface area contributed by atoms with Crippen LogP contribution in [0.5, 0.6) is 5.75 Å². The number of rotatable bonds is 9. The largest absolute Gasteiger partial charge is 0.489 e. The smallest absolute Gasteiger partial charge is 0.339 e. The SMILES string of the molecule is NC(C(=O)OCC(=O)c1ccc(OCc2ccccc2)cc1)S(=O)(=O)c1ccccc1. The molecule has 0 aliphatic heterocycles. The molecule has 0 aliphatic rings. The Balaban J connectivity index is 1.53. The highest BCUT2D eigenvalue weighted by atomic mass is 32.2. The third-order valence-corrected chi connectivity index (χ3v) is 6.20. The number of sulfone groups is 1. The molecule has 0 fully saturated rings. The van der Waals surface area contributed by atoms with E-state index in [1.807, 2.05) is 30.3 Å². The number of ketones is 1. The van der Waals surface area contributed by atoms with Gasteiger partial charge in [-0.1, -0.05) is 48.5 Å². The van der Waals surface area contributed by atoms with Crippen molar-refractivity contribution in [3.63, 3.8) is 0 Å². The van der Waals surface area contributed by atoms with E-state index in [1.54, 1.807) is 18.2 Å². The number of carbonyl (C=O) groups excluding carboxylic acids is 2. The molecule has 0 aromatic heterocycles. The molecular formula is C23H21NO6S. The summed E-state index contributed by atoms with van der Waals surface area (Å²) >= 11 is 0. The fraction of sp³-hybridized carbons (Fsp3) is 0.130. The zero-order chi connectivity index (χ0) is 22.3. The van der Waals surface area contributed by atoms with Crippen molar-refractivity contribution in [3.05, 3.63) is 96.1 Å². The van der Waals surface area contributed by atoms with Crippen molar-refractivity contribution in [2.75, 3.05) is 6.61 Å². The van der Waals surface area contributed by atoms with Crippen LogP contribution in [0.4, 0.5) is 0 Å². The molecule has 3 rings (SSSR count). The highest BCUT2D eigenvalue weighted by Gasteiger charge is 2.32. The van der Waals surface area contributed by atoms with Crippen LogP contribution in [0.15, 0.2) is 89.8 Å². The molecule has 0 heterocycles. The van der Waals surface area contributed by atoms with E-state index < -0.39 is 33.6 Å². The van der Waals surface area contributed by atoms with E-state index in [0.29, 0.717) is 17.9 Å². The van der Waals surface area contributed by atoms with Gasteiger partial charge in [0.05, 0.1) is 4.90 Å². The van der Waals surface area contributed by atoms with Crippen molar-refractivity contribution in [2.45, 2.75) is 16.9 Å². The van der Waals surface area contributed by atoms with Crippen molar-refractivity contribution >= 4 is 21.6 Å². The van der Waals surface area contributed by atoms with E-state index >= 15 is 0 Å². The molecule has 3 aromatic carbocycles.